The van der Waals surface area contributed by atoms with Gasteiger partial charge in [0, 0.05) is 30.1 Å². The number of rotatable bonds is 4. The molecule has 1 fully saturated rings. The molecule has 2 amide bonds. The number of amides is 2. The Kier molecular flexibility index (Phi) is 4.15. The number of benzene rings is 2. The van der Waals surface area contributed by atoms with Crippen molar-refractivity contribution in [3.8, 4) is 5.75 Å². The fourth-order valence-corrected chi connectivity index (χ4v) is 3.56. The van der Waals surface area contributed by atoms with Crippen LogP contribution < -0.4 is 15.4 Å². The molecule has 4 rings (SSSR count). The Hall–Kier alpha value is -2.82. The molecule has 0 bridgehead atoms. The van der Waals surface area contributed by atoms with E-state index in [0.717, 1.165) is 24.0 Å². The third kappa shape index (κ3) is 2.94. The van der Waals surface area contributed by atoms with Crippen molar-refractivity contribution in [1.82, 2.24) is 10.6 Å². The number of hydrogen-bond donors (Lipinski definition) is 2. The van der Waals surface area contributed by atoms with Gasteiger partial charge in [0.1, 0.15) is 11.9 Å². The van der Waals surface area contributed by atoms with Crippen LogP contribution in [0.4, 0.5) is 0 Å². The standard InChI is InChI=1S/C21H22N2O3/c1-12-18(13-6-4-3-5-7-13)16-10-14(20(24)23-15-8-9-15)11-17(19(16)26-12)21(25)22-2/h3-7,10-12,15,18H,8-9H2,1-2H3,(H,22,25)(H,23,24). The number of hydrogen-bond acceptors (Lipinski definition) is 3. The number of nitrogens with one attached hydrogen (secondary N) is 2. The molecule has 2 N–H and O–H groups in total. The monoisotopic (exact) mass is 350 g/mol. The van der Waals surface area contributed by atoms with Gasteiger partial charge in [0.2, 0.25) is 0 Å². The van der Waals surface area contributed by atoms with Gasteiger partial charge in [-0.05, 0) is 37.5 Å². The van der Waals surface area contributed by atoms with Gasteiger partial charge in [0.05, 0.1) is 5.56 Å². The maximum Gasteiger partial charge on any atom is 0.254 e. The summed E-state index contributed by atoms with van der Waals surface area (Å²) in [4.78, 5) is 25.0. The first-order valence-corrected chi connectivity index (χ1v) is 9.01. The summed E-state index contributed by atoms with van der Waals surface area (Å²) in [5.74, 6) is 0.187. The van der Waals surface area contributed by atoms with Crippen LogP contribution in [-0.4, -0.2) is 31.0 Å². The van der Waals surface area contributed by atoms with E-state index in [2.05, 4.69) is 22.8 Å². The Labute approximate surface area is 152 Å². The summed E-state index contributed by atoms with van der Waals surface area (Å²) in [5.41, 5.74) is 2.93. The molecule has 1 saturated carbocycles. The molecule has 1 heterocycles. The van der Waals surface area contributed by atoms with Gasteiger partial charge in [0.15, 0.2) is 0 Å². The van der Waals surface area contributed by atoms with Crippen molar-refractivity contribution in [3.05, 3.63) is 64.7 Å². The van der Waals surface area contributed by atoms with Gasteiger partial charge in [-0.1, -0.05) is 30.3 Å². The van der Waals surface area contributed by atoms with Crippen LogP contribution in [0.5, 0.6) is 5.75 Å². The molecule has 2 atom stereocenters. The van der Waals surface area contributed by atoms with E-state index in [1.165, 1.54) is 0 Å². The third-order valence-electron chi connectivity index (χ3n) is 5.03. The molecule has 134 valence electrons. The van der Waals surface area contributed by atoms with Crippen molar-refractivity contribution in [1.29, 1.82) is 0 Å². The van der Waals surface area contributed by atoms with Gasteiger partial charge in [0.25, 0.3) is 11.8 Å². The van der Waals surface area contributed by atoms with Gasteiger partial charge < -0.3 is 15.4 Å². The molecular weight excluding hydrogens is 328 g/mol. The average Bonchev–Trinajstić information content (AvgIpc) is 3.40. The van der Waals surface area contributed by atoms with E-state index in [0.29, 0.717) is 16.9 Å². The zero-order valence-electron chi connectivity index (χ0n) is 14.9. The molecule has 5 heteroatoms. The fourth-order valence-electron chi connectivity index (χ4n) is 3.56. The average molecular weight is 350 g/mol. The molecule has 2 aliphatic rings. The van der Waals surface area contributed by atoms with Gasteiger partial charge in [-0.15, -0.1) is 0 Å². The summed E-state index contributed by atoms with van der Waals surface area (Å²) in [6.07, 6.45) is 1.93. The lowest BCUT2D eigenvalue weighted by atomic mass is 9.87. The van der Waals surface area contributed by atoms with Crippen LogP contribution in [0, 0.1) is 0 Å². The van der Waals surface area contributed by atoms with Crippen LogP contribution in [0.25, 0.3) is 0 Å². The van der Waals surface area contributed by atoms with Crippen molar-refractivity contribution in [2.24, 2.45) is 0 Å². The van der Waals surface area contributed by atoms with Crippen LogP contribution in [0.15, 0.2) is 42.5 Å². The highest BCUT2D eigenvalue weighted by Gasteiger charge is 2.36. The SMILES string of the molecule is CNC(=O)c1cc(C(=O)NC2CC2)cc2c1OC(C)C2c1ccccc1. The molecule has 1 aliphatic heterocycles. The molecule has 0 aromatic heterocycles. The second-order valence-corrected chi connectivity index (χ2v) is 6.98. The van der Waals surface area contributed by atoms with E-state index in [9.17, 15) is 9.59 Å². The molecular formula is C21H22N2O3. The Morgan fingerprint density at radius 3 is 2.46 bits per heavy atom. The minimum atomic E-state index is -0.247. The van der Waals surface area contributed by atoms with Crippen LogP contribution in [0.3, 0.4) is 0 Å². The summed E-state index contributed by atoms with van der Waals surface area (Å²) in [7, 11) is 1.58. The summed E-state index contributed by atoms with van der Waals surface area (Å²) in [6, 6.07) is 13.8. The Morgan fingerprint density at radius 1 is 1.08 bits per heavy atom. The Morgan fingerprint density at radius 2 is 1.81 bits per heavy atom. The highest BCUT2D eigenvalue weighted by molar-refractivity contribution is 6.02. The highest BCUT2D eigenvalue weighted by atomic mass is 16.5. The topological polar surface area (TPSA) is 67.4 Å². The van der Waals surface area contributed by atoms with E-state index >= 15 is 0 Å². The molecule has 2 aromatic rings. The lowest BCUT2D eigenvalue weighted by Crippen LogP contribution is -2.26. The molecule has 2 unspecified atom stereocenters. The third-order valence-corrected chi connectivity index (χ3v) is 5.03. The van der Waals surface area contributed by atoms with Crippen LogP contribution in [-0.2, 0) is 0 Å². The van der Waals surface area contributed by atoms with Gasteiger partial charge in [-0.25, -0.2) is 0 Å². The molecule has 2 aromatic carbocycles. The molecule has 0 radical (unpaired) electrons. The first kappa shape index (κ1) is 16.6. The van der Waals surface area contributed by atoms with Crippen molar-refractivity contribution in [3.63, 3.8) is 0 Å². The zero-order chi connectivity index (χ0) is 18.3. The van der Waals surface area contributed by atoms with Crippen molar-refractivity contribution in [2.45, 2.75) is 37.8 Å². The van der Waals surface area contributed by atoms with Crippen LogP contribution in [0.1, 0.15) is 57.5 Å². The second-order valence-electron chi connectivity index (χ2n) is 6.98. The van der Waals surface area contributed by atoms with Crippen molar-refractivity contribution >= 4 is 11.8 Å². The van der Waals surface area contributed by atoms with Crippen molar-refractivity contribution < 1.29 is 14.3 Å². The molecule has 5 nitrogen and oxygen atoms in total. The molecule has 0 spiro atoms. The largest absolute Gasteiger partial charge is 0.489 e. The van der Waals surface area contributed by atoms with Gasteiger partial charge in [-0.2, -0.15) is 0 Å². The van der Waals surface area contributed by atoms with Gasteiger partial charge in [-0.3, -0.25) is 9.59 Å². The van der Waals surface area contributed by atoms with E-state index in [-0.39, 0.29) is 29.9 Å². The van der Waals surface area contributed by atoms with E-state index in [4.69, 9.17) is 4.74 Å². The summed E-state index contributed by atoms with van der Waals surface area (Å²) >= 11 is 0. The highest BCUT2D eigenvalue weighted by Crippen LogP contribution is 2.44. The second kappa shape index (κ2) is 6.48. The number of ether oxygens (including phenoxy) is 1. The number of fused-ring (bicyclic) bond motifs is 1. The summed E-state index contributed by atoms with van der Waals surface area (Å²) in [5, 5.41) is 5.65. The maximum absolute atomic E-state index is 12.6. The Bertz CT molecular complexity index is 859. The minimum Gasteiger partial charge on any atom is -0.489 e. The van der Waals surface area contributed by atoms with E-state index in [1.54, 1.807) is 13.1 Å². The first-order chi connectivity index (χ1) is 12.6. The van der Waals surface area contributed by atoms with E-state index in [1.807, 2.05) is 31.2 Å². The maximum atomic E-state index is 12.6. The normalized spacial score (nSPS) is 20.8. The number of carbonyl (C=O) groups is 2. The first-order valence-electron chi connectivity index (χ1n) is 9.01. The molecule has 1 aliphatic carbocycles. The van der Waals surface area contributed by atoms with Gasteiger partial charge >= 0.3 is 0 Å². The Balaban J connectivity index is 1.82. The van der Waals surface area contributed by atoms with E-state index < -0.39 is 0 Å². The lowest BCUT2D eigenvalue weighted by Gasteiger charge is -2.15. The predicted octanol–water partition coefficient (Wildman–Crippen LogP) is 2.85. The fraction of sp³-hybridized carbons (Fsp3) is 0.333. The molecule has 0 saturated heterocycles. The van der Waals surface area contributed by atoms with Crippen LogP contribution in [0.2, 0.25) is 0 Å². The van der Waals surface area contributed by atoms with Crippen LogP contribution >= 0.6 is 0 Å². The minimum absolute atomic E-state index is 0.0109. The number of carbonyl (C=O) groups excluding carboxylic acids is 2. The predicted molar refractivity (Wildman–Crippen MR) is 98.7 cm³/mol. The van der Waals surface area contributed by atoms with Crippen molar-refractivity contribution in [2.75, 3.05) is 7.05 Å². The summed E-state index contributed by atoms with van der Waals surface area (Å²) < 4.78 is 6.06. The zero-order valence-corrected chi connectivity index (χ0v) is 14.9. The molecule has 26 heavy (non-hydrogen) atoms. The summed E-state index contributed by atoms with van der Waals surface area (Å²) in [6.45, 7) is 2.00. The quantitative estimate of drug-likeness (QED) is 0.891. The smallest absolute Gasteiger partial charge is 0.254 e. The lowest BCUT2D eigenvalue weighted by molar-refractivity contribution is 0.0951.